The van der Waals surface area contributed by atoms with Gasteiger partial charge in [0.15, 0.2) is 0 Å². The molecule has 0 bridgehead atoms. The third-order valence-electron chi connectivity index (χ3n) is 3.77. The standard InChI is InChI=1S/C17H27NO/c1-14(2)13-19-17-11-7-6-10-16(17)18-12-15-8-4-3-5-9-15/h6-7,10-11,14-15,18H,3-5,8-9,12-13H2,1-2H3. The Hall–Kier alpha value is -1.18. The second-order valence-corrected chi connectivity index (χ2v) is 6.09. The van der Waals surface area contributed by atoms with Crippen molar-refractivity contribution < 1.29 is 4.74 Å². The summed E-state index contributed by atoms with van der Waals surface area (Å²) in [6.07, 6.45) is 6.98. The molecule has 1 saturated carbocycles. The van der Waals surface area contributed by atoms with Crippen molar-refractivity contribution in [2.45, 2.75) is 46.0 Å². The summed E-state index contributed by atoms with van der Waals surface area (Å²) in [6, 6.07) is 8.30. The average Bonchev–Trinajstić information content (AvgIpc) is 2.45. The smallest absolute Gasteiger partial charge is 0.142 e. The molecular formula is C17H27NO. The van der Waals surface area contributed by atoms with Crippen LogP contribution in [0.25, 0.3) is 0 Å². The van der Waals surface area contributed by atoms with Crippen molar-refractivity contribution in [2.75, 3.05) is 18.5 Å². The summed E-state index contributed by atoms with van der Waals surface area (Å²) in [5, 5.41) is 3.58. The minimum atomic E-state index is 0.561. The van der Waals surface area contributed by atoms with E-state index < -0.39 is 0 Å². The fourth-order valence-corrected chi connectivity index (χ4v) is 2.64. The summed E-state index contributed by atoms with van der Waals surface area (Å²) in [4.78, 5) is 0. The van der Waals surface area contributed by atoms with Crippen molar-refractivity contribution in [2.24, 2.45) is 11.8 Å². The summed E-state index contributed by atoms with van der Waals surface area (Å²) >= 11 is 0. The Labute approximate surface area is 117 Å². The summed E-state index contributed by atoms with van der Waals surface area (Å²) in [6.45, 7) is 6.22. The highest BCUT2D eigenvalue weighted by Crippen LogP contribution is 2.27. The number of ether oxygens (including phenoxy) is 1. The SMILES string of the molecule is CC(C)COc1ccccc1NCC1CCCCC1. The molecule has 0 saturated heterocycles. The van der Waals surface area contributed by atoms with Gasteiger partial charge >= 0.3 is 0 Å². The first-order valence-corrected chi connectivity index (χ1v) is 7.71. The van der Waals surface area contributed by atoms with Gasteiger partial charge in [0.2, 0.25) is 0 Å². The molecule has 1 aromatic rings. The molecule has 1 aliphatic rings. The highest BCUT2D eigenvalue weighted by atomic mass is 16.5. The molecule has 0 spiro atoms. The van der Waals surface area contributed by atoms with Crippen LogP contribution in [0.1, 0.15) is 46.0 Å². The predicted molar refractivity (Wildman–Crippen MR) is 81.8 cm³/mol. The van der Waals surface area contributed by atoms with E-state index in [4.69, 9.17) is 4.74 Å². The molecule has 2 nitrogen and oxygen atoms in total. The minimum absolute atomic E-state index is 0.561. The number of hydrogen-bond donors (Lipinski definition) is 1. The van der Waals surface area contributed by atoms with Crippen LogP contribution in [0.2, 0.25) is 0 Å². The zero-order valence-electron chi connectivity index (χ0n) is 12.3. The van der Waals surface area contributed by atoms with Crippen LogP contribution in [-0.4, -0.2) is 13.2 Å². The third kappa shape index (κ3) is 4.77. The van der Waals surface area contributed by atoms with Crippen LogP contribution in [-0.2, 0) is 0 Å². The van der Waals surface area contributed by atoms with E-state index in [1.165, 1.54) is 32.1 Å². The second kappa shape index (κ2) is 7.42. The normalized spacial score (nSPS) is 16.6. The monoisotopic (exact) mass is 261 g/mol. The van der Waals surface area contributed by atoms with Gasteiger partial charge in [0.05, 0.1) is 12.3 Å². The summed E-state index contributed by atoms with van der Waals surface area (Å²) in [5.41, 5.74) is 1.15. The van der Waals surface area contributed by atoms with Crippen LogP contribution in [0.5, 0.6) is 5.75 Å². The zero-order chi connectivity index (χ0) is 13.5. The van der Waals surface area contributed by atoms with Crippen molar-refractivity contribution in [3.8, 4) is 5.75 Å². The molecule has 0 aromatic heterocycles. The van der Waals surface area contributed by atoms with E-state index in [-0.39, 0.29) is 0 Å². The zero-order valence-corrected chi connectivity index (χ0v) is 12.3. The van der Waals surface area contributed by atoms with Gasteiger partial charge in [0, 0.05) is 6.54 Å². The van der Waals surface area contributed by atoms with Gasteiger partial charge in [0.25, 0.3) is 0 Å². The number of benzene rings is 1. The van der Waals surface area contributed by atoms with E-state index >= 15 is 0 Å². The van der Waals surface area contributed by atoms with Crippen molar-refractivity contribution >= 4 is 5.69 Å². The Morgan fingerprint density at radius 2 is 1.89 bits per heavy atom. The van der Waals surface area contributed by atoms with Crippen molar-refractivity contribution in [3.63, 3.8) is 0 Å². The Bertz CT molecular complexity index is 369. The first-order valence-electron chi connectivity index (χ1n) is 7.71. The van der Waals surface area contributed by atoms with E-state index in [9.17, 15) is 0 Å². The molecule has 1 fully saturated rings. The summed E-state index contributed by atoms with van der Waals surface area (Å²) in [7, 11) is 0. The Kier molecular flexibility index (Phi) is 5.56. The fraction of sp³-hybridized carbons (Fsp3) is 0.647. The van der Waals surface area contributed by atoms with E-state index in [0.717, 1.165) is 30.5 Å². The van der Waals surface area contributed by atoms with Gasteiger partial charge in [-0.25, -0.2) is 0 Å². The van der Waals surface area contributed by atoms with Gasteiger partial charge in [-0.1, -0.05) is 45.2 Å². The molecule has 1 N–H and O–H groups in total. The minimum Gasteiger partial charge on any atom is -0.491 e. The topological polar surface area (TPSA) is 21.3 Å². The van der Waals surface area contributed by atoms with Gasteiger partial charge in [-0.05, 0) is 36.8 Å². The van der Waals surface area contributed by atoms with E-state index in [2.05, 4.69) is 37.4 Å². The highest BCUT2D eigenvalue weighted by molar-refractivity contribution is 5.56. The van der Waals surface area contributed by atoms with Crippen LogP contribution >= 0.6 is 0 Å². The lowest BCUT2D eigenvalue weighted by molar-refractivity contribution is 0.272. The van der Waals surface area contributed by atoms with Gasteiger partial charge in [-0.2, -0.15) is 0 Å². The average molecular weight is 261 g/mol. The Morgan fingerprint density at radius 1 is 1.16 bits per heavy atom. The first kappa shape index (κ1) is 14.2. The lowest BCUT2D eigenvalue weighted by atomic mass is 9.89. The van der Waals surface area contributed by atoms with Gasteiger partial charge in [-0.15, -0.1) is 0 Å². The second-order valence-electron chi connectivity index (χ2n) is 6.09. The Morgan fingerprint density at radius 3 is 2.63 bits per heavy atom. The summed E-state index contributed by atoms with van der Waals surface area (Å²) in [5.74, 6) is 2.39. The first-order chi connectivity index (χ1) is 9.25. The molecule has 0 atom stereocenters. The van der Waals surface area contributed by atoms with Crippen LogP contribution < -0.4 is 10.1 Å². The highest BCUT2D eigenvalue weighted by Gasteiger charge is 2.13. The molecule has 0 heterocycles. The maximum absolute atomic E-state index is 5.88. The molecular weight excluding hydrogens is 234 g/mol. The van der Waals surface area contributed by atoms with Crippen molar-refractivity contribution in [1.82, 2.24) is 0 Å². The predicted octanol–water partition coefficient (Wildman–Crippen LogP) is 4.71. The molecule has 1 aromatic carbocycles. The molecule has 0 aliphatic heterocycles. The van der Waals surface area contributed by atoms with Crippen molar-refractivity contribution in [3.05, 3.63) is 24.3 Å². The quantitative estimate of drug-likeness (QED) is 0.800. The van der Waals surface area contributed by atoms with Crippen LogP contribution in [0.4, 0.5) is 5.69 Å². The maximum atomic E-state index is 5.88. The van der Waals surface area contributed by atoms with Gasteiger partial charge in [-0.3, -0.25) is 0 Å². The maximum Gasteiger partial charge on any atom is 0.142 e. The molecule has 0 radical (unpaired) electrons. The lowest BCUT2D eigenvalue weighted by Gasteiger charge is -2.23. The molecule has 2 heteroatoms. The van der Waals surface area contributed by atoms with E-state index in [1.54, 1.807) is 0 Å². The molecule has 106 valence electrons. The molecule has 1 aliphatic carbocycles. The van der Waals surface area contributed by atoms with Crippen LogP contribution in [0, 0.1) is 11.8 Å². The number of para-hydroxylation sites is 2. The number of nitrogens with one attached hydrogen (secondary N) is 1. The lowest BCUT2D eigenvalue weighted by Crippen LogP contribution is -2.17. The molecule has 2 rings (SSSR count). The third-order valence-corrected chi connectivity index (χ3v) is 3.77. The van der Waals surface area contributed by atoms with Crippen LogP contribution in [0.15, 0.2) is 24.3 Å². The van der Waals surface area contributed by atoms with Gasteiger partial charge in [0.1, 0.15) is 5.75 Å². The molecule has 19 heavy (non-hydrogen) atoms. The fourth-order valence-electron chi connectivity index (χ4n) is 2.64. The largest absolute Gasteiger partial charge is 0.491 e. The van der Waals surface area contributed by atoms with Crippen molar-refractivity contribution in [1.29, 1.82) is 0 Å². The van der Waals surface area contributed by atoms with E-state index in [0.29, 0.717) is 5.92 Å². The summed E-state index contributed by atoms with van der Waals surface area (Å²) < 4.78 is 5.88. The number of anilines is 1. The number of rotatable bonds is 6. The Balaban J connectivity index is 1.87. The molecule has 0 unspecified atom stereocenters. The van der Waals surface area contributed by atoms with Crippen LogP contribution in [0.3, 0.4) is 0 Å². The van der Waals surface area contributed by atoms with Gasteiger partial charge < -0.3 is 10.1 Å². The van der Waals surface area contributed by atoms with E-state index in [1.807, 2.05) is 6.07 Å². The molecule has 0 amide bonds. The number of hydrogen-bond acceptors (Lipinski definition) is 2.